The Morgan fingerprint density at radius 3 is 2.36 bits per heavy atom. The van der Waals surface area contributed by atoms with Crippen LogP contribution in [-0.4, -0.2) is 54.0 Å². The van der Waals surface area contributed by atoms with E-state index in [1.165, 1.54) is 30.6 Å². The van der Waals surface area contributed by atoms with Gasteiger partial charge in [0.2, 0.25) is 5.91 Å². The van der Waals surface area contributed by atoms with Crippen molar-refractivity contribution in [2.24, 2.45) is 0 Å². The Balaban J connectivity index is 1.52. The topological polar surface area (TPSA) is 35.6 Å². The summed E-state index contributed by atoms with van der Waals surface area (Å²) in [7, 11) is 0. The van der Waals surface area contributed by atoms with E-state index in [4.69, 9.17) is 0 Å². The van der Waals surface area contributed by atoms with Gasteiger partial charge in [0.15, 0.2) is 0 Å². The van der Waals surface area contributed by atoms with E-state index in [0.717, 1.165) is 32.5 Å². The normalized spacial score (nSPS) is 23.0. The zero-order valence-electron chi connectivity index (χ0n) is 16.0. The second-order valence-electron chi connectivity index (χ2n) is 7.99. The summed E-state index contributed by atoms with van der Waals surface area (Å²) in [6, 6.07) is 10.1. The van der Waals surface area contributed by atoms with E-state index < -0.39 is 0 Å². The summed E-state index contributed by atoms with van der Waals surface area (Å²) in [5.74, 6) is 0.807. The van der Waals surface area contributed by atoms with Crippen LogP contribution in [0, 0.1) is 0 Å². The number of hydrogen-bond donors (Lipinski definition) is 1. The minimum Gasteiger partial charge on any atom is -0.381 e. The highest BCUT2D eigenvalue weighted by Gasteiger charge is 2.29. The van der Waals surface area contributed by atoms with Gasteiger partial charge in [-0.15, -0.1) is 0 Å². The van der Waals surface area contributed by atoms with Crippen molar-refractivity contribution in [2.45, 2.75) is 64.5 Å². The number of rotatable bonds is 4. The molecule has 2 heterocycles. The highest BCUT2D eigenvalue weighted by atomic mass is 16.2. The molecule has 0 aliphatic carbocycles. The maximum absolute atomic E-state index is 11.5. The van der Waals surface area contributed by atoms with Crippen LogP contribution in [0.2, 0.25) is 0 Å². The van der Waals surface area contributed by atoms with E-state index >= 15 is 0 Å². The number of nitrogens with zero attached hydrogens (tertiary/aromatic N) is 2. The summed E-state index contributed by atoms with van der Waals surface area (Å²) in [6.45, 7) is 10.3. The van der Waals surface area contributed by atoms with Crippen molar-refractivity contribution in [3.05, 3.63) is 29.8 Å². The molecule has 0 unspecified atom stereocenters. The number of nitrogens with one attached hydrogen (secondary N) is 1. The molecule has 138 valence electrons. The molecule has 2 aliphatic heterocycles. The Labute approximate surface area is 152 Å². The smallest absolute Gasteiger partial charge is 0.219 e. The van der Waals surface area contributed by atoms with E-state index in [1.54, 1.807) is 6.92 Å². The Kier molecular flexibility index (Phi) is 6.00. The third-order valence-corrected chi connectivity index (χ3v) is 5.83. The molecule has 0 saturated carbocycles. The standard InChI is InChI=1S/C21H33N3O/c1-16(2)18-6-8-19(9-7-18)22-20-5-4-12-24(15-20)21-10-13-23(14-11-21)17(3)25/h6-9,16,20-22H,4-5,10-15H2,1-3H3/t20-/m0/s1. The monoisotopic (exact) mass is 343 g/mol. The number of anilines is 1. The van der Waals surface area contributed by atoms with Gasteiger partial charge in [-0.05, 0) is 55.8 Å². The molecule has 0 spiro atoms. The van der Waals surface area contributed by atoms with E-state index in [0.29, 0.717) is 18.0 Å². The maximum atomic E-state index is 11.5. The molecule has 25 heavy (non-hydrogen) atoms. The van der Waals surface area contributed by atoms with Crippen molar-refractivity contribution >= 4 is 11.6 Å². The van der Waals surface area contributed by atoms with E-state index in [1.807, 2.05) is 4.90 Å². The van der Waals surface area contributed by atoms with Crippen molar-refractivity contribution in [3.63, 3.8) is 0 Å². The van der Waals surface area contributed by atoms with Gasteiger partial charge in [0, 0.05) is 44.3 Å². The Bertz CT molecular complexity index is 561. The molecule has 0 bridgehead atoms. The quantitative estimate of drug-likeness (QED) is 0.905. The van der Waals surface area contributed by atoms with Gasteiger partial charge in [0.05, 0.1) is 0 Å². The molecule has 1 N–H and O–H groups in total. The third kappa shape index (κ3) is 4.75. The van der Waals surface area contributed by atoms with Crippen LogP contribution in [0.25, 0.3) is 0 Å². The number of hydrogen-bond acceptors (Lipinski definition) is 3. The molecule has 2 saturated heterocycles. The summed E-state index contributed by atoms with van der Waals surface area (Å²) in [4.78, 5) is 16.2. The van der Waals surface area contributed by atoms with Crippen LogP contribution in [0.3, 0.4) is 0 Å². The summed E-state index contributed by atoms with van der Waals surface area (Å²) in [5.41, 5.74) is 2.63. The fourth-order valence-electron chi connectivity index (χ4n) is 4.20. The fourth-order valence-corrected chi connectivity index (χ4v) is 4.20. The molecule has 2 aliphatic rings. The van der Waals surface area contributed by atoms with E-state index in [-0.39, 0.29) is 5.91 Å². The van der Waals surface area contributed by atoms with Crippen LogP contribution in [0.5, 0.6) is 0 Å². The number of amides is 1. The molecule has 1 atom stereocenters. The Morgan fingerprint density at radius 2 is 1.76 bits per heavy atom. The average molecular weight is 344 g/mol. The number of likely N-dealkylation sites (tertiary alicyclic amines) is 2. The summed E-state index contributed by atoms with van der Waals surface area (Å²) in [6.07, 6.45) is 4.74. The van der Waals surface area contributed by atoms with Gasteiger partial charge in [-0.25, -0.2) is 0 Å². The number of benzene rings is 1. The molecule has 0 radical (unpaired) electrons. The molecular formula is C21H33N3O. The first-order valence-electron chi connectivity index (χ1n) is 9.89. The van der Waals surface area contributed by atoms with E-state index in [2.05, 4.69) is 48.3 Å². The first kappa shape index (κ1) is 18.2. The van der Waals surface area contributed by atoms with Crippen LogP contribution in [0.15, 0.2) is 24.3 Å². The third-order valence-electron chi connectivity index (χ3n) is 5.83. The summed E-state index contributed by atoms with van der Waals surface area (Å²) < 4.78 is 0. The van der Waals surface area contributed by atoms with Gasteiger partial charge in [-0.3, -0.25) is 9.69 Å². The molecule has 1 amide bonds. The lowest BCUT2D eigenvalue weighted by molar-refractivity contribution is -0.130. The molecule has 1 aromatic rings. The molecular weight excluding hydrogens is 310 g/mol. The van der Waals surface area contributed by atoms with Crippen molar-refractivity contribution in [1.82, 2.24) is 9.80 Å². The molecule has 0 aromatic heterocycles. The highest BCUT2D eigenvalue weighted by Crippen LogP contribution is 2.24. The average Bonchev–Trinajstić information content (AvgIpc) is 2.62. The lowest BCUT2D eigenvalue weighted by Crippen LogP contribution is -2.51. The van der Waals surface area contributed by atoms with Gasteiger partial charge in [-0.2, -0.15) is 0 Å². The van der Waals surface area contributed by atoms with Crippen LogP contribution >= 0.6 is 0 Å². The maximum Gasteiger partial charge on any atom is 0.219 e. The van der Waals surface area contributed by atoms with E-state index in [9.17, 15) is 4.79 Å². The minimum absolute atomic E-state index is 0.224. The van der Waals surface area contributed by atoms with Crippen molar-refractivity contribution in [1.29, 1.82) is 0 Å². The second kappa shape index (κ2) is 8.22. The largest absolute Gasteiger partial charge is 0.381 e. The Morgan fingerprint density at radius 1 is 1.08 bits per heavy atom. The highest BCUT2D eigenvalue weighted by molar-refractivity contribution is 5.73. The van der Waals surface area contributed by atoms with Gasteiger partial charge >= 0.3 is 0 Å². The van der Waals surface area contributed by atoms with Crippen molar-refractivity contribution in [3.8, 4) is 0 Å². The second-order valence-corrected chi connectivity index (χ2v) is 7.99. The predicted molar refractivity (Wildman–Crippen MR) is 104 cm³/mol. The minimum atomic E-state index is 0.224. The van der Waals surface area contributed by atoms with Gasteiger partial charge < -0.3 is 10.2 Å². The SMILES string of the molecule is CC(=O)N1CCC(N2CCC[C@H](Nc3ccc(C(C)C)cc3)C2)CC1. The summed E-state index contributed by atoms with van der Waals surface area (Å²) in [5, 5.41) is 3.74. The van der Waals surface area contributed by atoms with Crippen molar-refractivity contribution in [2.75, 3.05) is 31.5 Å². The zero-order valence-corrected chi connectivity index (χ0v) is 16.0. The van der Waals surface area contributed by atoms with Gasteiger partial charge in [0.1, 0.15) is 0 Å². The van der Waals surface area contributed by atoms with Crippen LogP contribution in [0.1, 0.15) is 57.9 Å². The Hall–Kier alpha value is -1.55. The van der Waals surface area contributed by atoms with Crippen LogP contribution in [0.4, 0.5) is 5.69 Å². The molecule has 2 fully saturated rings. The first-order chi connectivity index (χ1) is 12.0. The fraction of sp³-hybridized carbons (Fsp3) is 0.667. The lowest BCUT2D eigenvalue weighted by atomic mass is 9.97. The molecule has 4 nitrogen and oxygen atoms in total. The van der Waals surface area contributed by atoms with Gasteiger partial charge in [0.25, 0.3) is 0 Å². The number of piperidine rings is 2. The lowest BCUT2D eigenvalue weighted by Gasteiger charge is -2.42. The van der Waals surface area contributed by atoms with Crippen LogP contribution < -0.4 is 5.32 Å². The van der Waals surface area contributed by atoms with Crippen molar-refractivity contribution < 1.29 is 4.79 Å². The van der Waals surface area contributed by atoms with Gasteiger partial charge in [-0.1, -0.05) is 26.0 Å². The van der Waals surface area contributed by atoms with Crippen LogP contribution in [-0.2, 0) is 4.79 Å². The number of carbonyl (C=O) groups excluding carboxylic acids is 1. The molecule has 3 rings (SSSR count). The molecule has 4 heteroatoms. The number of carbonyl (C=O) groups is 1. The first-order valence-corrected chi connectivity index (χ1v) is 9.89. The molecule has 1 aromatic carbocycles. The summed E-state index contributed by atoms with van der Waals surface area (Å²) >= 11 is 0. The predicted octanol–water partition coefficient (Wildman–Crippen LogP) is 3.70. The zero-order chi connectivity index (χ0) is 17.8.